The molecule has 0 unspecified atom stereocenters. The zero-order valence-electron chi connectivity index (χ0n) is 13.3. The first-order chi connectivity index (χ1) is 11.7. The molecule has 0 spiro atoms. The Morgan fingerprint density at radius 1 is 1.08 bits per heavy atom. The lowest BCUT2D eigenvalue weighted by atomic mass is 10.0. The van der Waals surface area contributed by atoms with Gasteiger partial charge in [0.25, 0.3) is 0 Å². The van der Waals surface area contributed by atoms with E-state index in [-0.39, 0.29) is 11.9 Å². The molecular weight excluding hydrogens is 322 g/mol. The van der Waals surface area contributed by atoms with Crippen LogP contribution in [0.25, 0.3) is 0 Å². The second-order valence-electron chi connectivity index (χ2n) is 5.55. The summed E-state index contributed by atoms with van der Waals surface area (Å²) in [6.45, 7) is 1.92. The number of hydrogen-bond donors (Lipinski definition) is 1. The number of nitrogens with one attached hydrogen (secondary N) is 1. The van der Waals surface area contributed by atoms with E-state index < -0.39 is 6.04 Å². The van der Waals surface area contributed by atoms with Crippen molar-refractivity contribution >= 4 is 17.5 Å². The van der Waals surface area contributed by atoms with Crippen LogP contribution in [0.5, 0.6) is 0 Å². The summed E-state index contributed by atoms with van der Waals surface area (Å²) in [6, 6.07) is 18.2. The normalized spacial score (nSPS) is 13.2. The van der Waals surface area contributed by atoms with Crippen LogP contribution in [0, 0.1) is 0 Å². The Morgan fingerprint density at radius 3 is 2.46 bits per heavy atom. The number of benzene rings is 2. The van der Waals surface area contributed by atoms with Gasteiger partial charge in [-0.15, -0.1) is 0 Å². The van der Waals surface area contributed by atoms with Crippen LogP contribution >= 0.6 is 11.6 Å². The summed E-state index contributed by atoms with van der Waals surface area (Å²) in [4.78, 5) is 12.9. The maximum absolute atomic E-state index is 12.9. The molecule has 2 aromatic carbocycles. The van der Waals surface area contributed by atoms with Crippen molar-refractivity contribution in [3.63, 3.8) is 0 Å². The Labute approximate surface area is 146 Å². The number of hydrogen-bond acceptors (Lipinski definition) is 2. The number of amides is 1. The molecule has 0 saturated heterocycles. The molecule has 1 aromatic heterocycles. The summed E-state index contributed by atoms with van der Waals surface area (Å²) >= 11 is 6.23. The second kappa shape index (κ2) is 7.32. The molecule has 1 N–H and O–H groups in total. The van der Waals surface area contributed by atoms with Crippen molar-refractivity contribution in [3.8, 4) is 0 Å². The van der Waals surface area contributed by atoms with Crippen LogP contribution < -0.4 is 5.32 Å². The first-order valence-corrected chi connectivity index (χ1v) is 8.13. The Balaban J connectivity index is 1.86. The maximum Gasteiger partial charge on any atom is 0.249 e. The summed E-state index contributed by atoms with van der Waals surface area (Å²) in [5.74, 6) is -0.127. The number of carbonyl (C=O) groups is 1. The largest absolute Gasteiger partial charge is 0.347 e. The number of halogens is 1. The van der Waals surface area contributed by atoms with Crippen molar-refractivity contribution < 1.29 is 4.79 Å². The average Bonchev–Trinajstić information content (AvgIpc) is 3.10. The zero-order valence-corrected chi connectivity index (χ0v) is 14.0. The van der Waals surface area contributed by atoms with Crippen LogP contribution in [0.4, 0.5) is 0 Å². The van der Waals surface area contributed by atoms with Gasteiger partial charge in [-0.25, -0.2) is 0 Å². The van der Waals surface area contributed by atoms with Crippen LogP contribution in [-0.4, -0.2) is 15.7 Å². The van der Waals surface area contributed by atoms with E-state index in [0.717, 1.165) is 11.1 Å². The molecule has 0 saturated carbocycles. The van der Waals surface area contributed by atoms with Crippen molar-refractivity contribution in [2.45, 2.75) is 19.0 Å². The Morgan fingerprint density at radius 2 is 1.79 bits per heavy atom. The van der Waals surface area contributed by atoms with E-state index in [4.69, 9.17) is 11.6 Å². The number of carbonyl (C=O) groups excluding carboxylic acids is 1. The van der Waals surface area contributed by atoms with Gasteiger partial charge in [0.05, 0.1) is 6.04 Å². The third-order valence-electron chi connectivity index (χ3n) is 3.88. The standard InChI is InChI=1S/C19H18ClN3O/c1-14(16-10-5-6-11-17(16)20)22-19(24)18(23-13-7-12-21-23)15-8-3-2-4-9-15/h2-14,18H,1H3,(H,22,24)/t14-,18+/m0/s1. The highest BCUT2D eigenvalue weighted by Crippen LogP contribution is 2.24. The number of rotatable bonds is 5. The molecule has 0 aliphatic carbocycles. The van der Waals surface area contributed by atoms with E-state index in [1.165, 1.54) is 0 Å². The highest BCUT2D eigenvalue weighted by atomic mass is 35.5. The van der Waals surface area contributed by atoms with Crippen LogP contribution in [0.2, 0.25) is 5.02 Å². The van der Waals surface area contributed by atoms with E-state index in [1.54, 1.807) is 23.1 Å². The van der Waals surface area contributed by atoms with E-state index in [0.29, 0.717) is 5.02 Å². The monoisotopic (exact) mass is 339 g/mol. The van der Waals surface area contributed by atoms with E-state index in [1.807, 2.05) is 61.5 Å². The second-order valence-corrected chi connectivity index (χ2v) is 5.96. The Kier molecular flexibility index (Phi) is 4.96. The molecule has 0 aliphatic heterocycles. The molecule has 0 bridgehead atoms. The summed E-state index contributed by atoms with van der Waals surface area (Å²) in [5, 5.41) is 7.92. The fourth-order valence-corrected chi connectivity index (χ4v) is 2.99. The molecule has 3 rings (SSSR count). The molecule has 1 amide bonds. The highest BCUT2D eigenvalue weighted by Gasteiger charge is 2.24. The third kappa shape index (κ3) is 3.49. The molecule has 24 heavy (non-hydrogen) atoms. The first-order valence-electron chi connectivity index (χ1n) is 7.75. The first kappa shape index (κ1) is 16.3. The summed E-state index contributed by atoms with van der Waals surface area (Å²) in [5.41, 5.74) is 1.77. The summed E-state index contributed by atoms with van der Waals surface area (Å²) in [7, 11) is 0. The van der Waals surface area contributed by atoms with Gasteiger partial charge in [0.1, 0.15) is 0 Å². The maximum atomic E-state index is 12.9. The van der Waals surface area contributed by atoms with Crippen molar-refractivity contribution in [1.29, 1.82) is 0 Å². The predicted octanol–water partition coefficient (Wildman–Crippen LogP) is 4.00. The lowest BCUT2D eigenvalue weighted by Gasteiger charge is -2.22. The molecule has 1 heterocycles. The van der Waals surface area contributed by atoms with Crippen molar-refractivity contribution in [2.75, 3.05) is 0 Å². The van der Waals surface area contributed by atoms with Gasteiger partial charge in [0.2, 0.25) is 5.91 Å². The van der Waals surface area contributed by atoms with Crippen molar-refractivity contribution in [3.05, 3.63) is 89.2 Å². The zero-order chi connectivity index (χ0) is 16.9. The quantitative estimate of drug-likeness (QED) is 0.763. The molecule has 5 heteroatoms. The van der Waals surface area contributed by atoms with Gasteiger partial charge in [-0.2, -0.15) is 5.10 Å². The van der Waals surface area contributed by atoms with Gasteiger partial charge < -0.3 is 5.32 Å². The van der Waals surface area contributed by atoms with Gasteiger partial charge in [-0.05, 0) is 30.2 Å². The molecule has 3 aromatic rings. The minimum Gasteiger partial charge on any atom is -0.347 e. The molecule has 4 nitrogen and oxygen atoms in total. The summed E-state index contributed by atoms with van der Waals surface area (Å²) in [6.07, 6.45) is 3.46. The van der Waals surface area contributed by atoms with Crippen LogP contribution in [0.3, 0.4) is 0 Å². The van der Waals surface area contributed by atoms with Crippen LogP contribution in [-0.2, 0) is 4.79 Å². The molecule has 2 atom stereocenters. The fourth-order valence-electron chi connectivity index (χ4n) is 2.69. The lowest BCUT2D eigenvalue weighted by Crippen LogP contribution is -2.35. The van der Waals surface area contributed by atoms with E-state index >= 15 is 0 Å². The molecule has 0 fully saturated rings. The molecular formula is C19H18ClN3O. The van der Waals surface area contributed by atoms with Gasteiger partial charge in [0.15, 0.2) is 6.04 Å². The minimum absolute atomic E-state index is 0.127. The highest BCUT2D eigenvalue weighted by molar-refractivity contribution is 6.31. The summed E-state index contributed by atoms with van der Waals surface area (Å²) < 4.78 is 1.66. The van der Waals surface area contributed by atoms with Crippen LogP contribution in [0.1, 0.15) is 30.1 Å². The lowest BCUT2D eigenvalue weighted by molar-refractivity contribution is -0.124. The smallest absolute Gasteiger partial charge is 0.249 e. The predicted molar refractivity (Wildman–Crippen MR) is 94.8 cm³/mol. The van der Waals surface area contributed by atoms with E-state index in [2.05, 4.69) is 10.4 Å². The van der Waals surface area contributed by atoms with E-state index in [9.17, 15) is 4.79 Å². The SMILES string of the molecule is C[C@H](NC(=O)[C@@H](c1ccccc1)n1cccn1)c1ccccc1Cl. The third-order valence-corrected chi connectivity index (χ3v) is 4.23. The number of aromatic nitrogens is 2. The molecule has 0 radical (unpaired) electrons. The van der Waals surface area contributed by atoms with Gasteiger partial charge >= 0.3 is 0 Å². The van der Waals surface area contributed by atoms with Crippen LogP contribution in [0.15, 0.2) is 73.1 Å². The minimum atomic E-state index is -0.522. The average molecular weight is 340 g/mol. The Hall–Kier alpha value is -2.59. The van der Waals surface area contributed by atoms with Gasteiger partial charge in [-0.3, -0.25) is 9.48 Å². The van der Waals surface area contributed by atoms with Gasteiger partial charge in [-0.1, -0.05) is 60.1 Å². The molecule has 122 valence electrons. The van der Waals surface area contributed by atoms with Crippen molar-refractivity contribution in [1.82, 2.24) is 15.1 Å². The Bertz CT molecular complexity index is 802. The molecule has 0 aliphatic rings. The number of nitrogens with zero attached hydrogens (tertiary/aromatic N) is 2. The van der Waals surface area contributed by atoms with Gasteiger partial charge in [0, 0.05) is 17.4 Å². The van der Waals surface area contributed by atoms with Crippen molar-refractivity contribution in [2.24, 2.45) is 0 Å². The fraction of sp³-hybridized carbons (Fsp3) is 0.158. The topological polar surface area (TPSA) is 46.9 Å².